The monoisotopic (exact) mass is 271 g/mol. The molecule has 15 heavy (non-hydrogen) atoms. The third-order valence-electron chi connectivity index (χ3n) is 1.23. The van der Waals surface area contributed by atoms with E-state index in [0.29, 0.717) is 31.5 Å². The summed E-state index contributed by atoms with van der Waals surface area (Å²) in [5.41, 5.74) is 0.440. The Morgan fingerprint density at radius 2 is 2.27 bits per heavy atom. The van der Waals surface area contributed by atoms with Crippen LogP contribution in [0.5, 0.6) is 0 Å². The smallest absolute Gasteiger partial charge is 0.332 e. The minimum absolute atomic E-state index is 0.318. The number of esters is 1. The summed E-state index contributed by atoms with van der Waals surface area (Å²) in [5, 5.41) is 0. The van der Waals surface area contributed by atoms with E-state index in [1.165, 1.54) is 0 Å². The minimum atomic E-state index is -0.822. The van der Waals surface area contributed by atoms with Gasteiger partial charge in [0.25, 0.3) is 0 Å². The van der Waals surface area contributed by atoms with Crippen molar-refractivity contribution in [2.24, 2.45) is 0 Å². The van der Waals surface area contributed by atoms with Crippen molar-refractivity contribution < 1.29 is 9.53 Å². The van der Waals surface area contributed by atoms with Crippen molar-refractivity contribution >= 4 is 45.0 Å². The van der Waals surface area contributed by atoms with Gasteiger partial charge < -0.3 is 18.7 Å². The maximum absolute atomic E-state index is 11.1. The molecule has 0 amide bonds. The van der Waals surface area contributed by atoms with E-state index in [0.717, 1.165) is 0 Å². The molecule has 0 spiro atoms. The lowest BCUT2D eigenvalue weighted by atomic mass is 10.4. The van der Waals surface area contributed by atoms with Crippen LogP contribution in [-0.2, 0) is 9.53 Å². The van der Waals surface area contributed by atoms with Gasteiger partial charge in [-0.1, -0.05) is 13.1 Å². The fraction of sp³-hybridized carbons (Fsp3) is 0.500. The standard InChI is InChI=1S/C6H13N3O2Si4/c1-5(2)6(10)11-4-15(3)9-14-8-13-7-12/h7-9H,1,4H2,2-3H3. The van der Waals surface area contributed by atoms with Crippen LogP contribution in [-0.4, -0.2) is 51.2 Å². The topological polar surface area (TPSA) is 62.4 Å². The Hall–Kier alpha value is -0.0425. The Bertz CT molecular complexity index is 217. The summed E-state index contributed by atoms with van der Waals surface area (Å²) in [6, 6.07) is 0. The SMILES string of the molecule is C=C(C)C(=O)OC[Si](C)N[Si]N[Si]N[Si]. The van der Waals surface area contributed by atoms with Gasteiger partial charge in [0, 0.05) is 5.57 Å². The van der Waals surface area contributed by atoms with Gasteiger partial charge in [-0.25, -0.2) is 4.79 Å². The maximum Gasteiger partial charge on any atom is 0.332 e. The van der Waals surface area contributed by atoms with E-state index in [9.17, 15) is 4.79 Å². The number of rotatable bonds is 8. The molecule has 0 aromatic rings. The second-order valence-corrected chi connectivity index (χ2v) is 8.11. The van der Waals surface area contributed by atoms with E-state index >= 15 is 0 Å². The first-order valence-corrected chi connectivity index (χ1v) is 8.86. The predicted octanol–water partition coefficient (Wildman–Crippen LogP) is -1.81. The van der Waals surface area contributed by atoms with Gasteiger partial charge in [-0.05, 0) is 6.92 Å². The van der Waals surface area contributed by atoms with Gasteiger partial charge in [-0.3, -0.25) is 0 Å². The lowest BCUT2D eigenvalue weighted by Crippen LogP contribution is -2.48. The lowest BCUT2D eigenvalue weighted by Gasteiger charge is -2.11. The highest BCUT2D eigenvalue weighted by Gasteiger charge is 2.09. The van der Waals surface area contributed by atoms with Crippen LogP contribution in [0.2, 0.25) is 6.55 Å². The molecule has 0 rings (SSSR count). The first-order valence-electron chi connectivity index (χ1n) is 4.15. The highest BCUT2D eigenvalue weighted by molar-refractivity contribution is 6.66. The molecular formula is C6H13N3O2Si4. The van der Waals surface area contributed by atoms with Gasteiger partial charge >= 0.3 is 5.97 Å². The van der Waals surface area contributed by atoms with Crippen molar-refractivity contribution in [3.63, 3.8) is 0 Å². The highest BCUT2D eigenvalue weighted by atomic mass is 28.4. The Labute approximate surface area is 101 Å². The molecule has 0 bridgehead atoms. The molecule has 0 atom stereocenters. The first-order chi connectivity index (χ1) is 7.07. The molecule has 0 heterocycles. The Balaban J connectivity index is 3.44. The molecule has 8 radical (unpaired) electrons. The molecule has 0 aromatic carbocycles. The van der Waals surface area contributed by atoms with Gasteiger partial charge in [-0.2, -0.15) is 0 Å². The second-order valence-electron chi connectivity index (χ2n) is 2.76. The quantitative estimate of drug-likeness (QED) is 0.210. The van der Waals surface area contributed by atoms with Crippen LogP contribution >= 0.6 is 0 Å². The van der Waals surface area contributed by atoms with Crippen LogP contribution in [0.1, 0.15) is 6.92 Å². The Kier molecular flexibility index (Phi) is 9.18. The van der Waals surface area contributed by atoms with Crippen LogP contribution in [0.4, 0.5) is 0 Å². The molecule has 5 nitrogen and oxygen atoms in total. The van der Waals surface area contributed by atoms with Gasteiger partial charge in [0.2, 0.25) is 19.7 Å². The average Bonchev–Trinajstić information content (AvgIpc) is 2.20. The maximum atomic E-state index is 11.1. The number of hydrogen-bond donors (Lipinski definition) is 3. The van der Waals surface area contributed by atoms with Crippen LogP contribution in [0.15, 0.2) is 12.2 Å². The van der Waals surface area contributed by atoms with Gasteiger partial charge in [-0.15, -0.1) is 0 Å². The van der Waals surface area contributed by atoms with E-state index < -0.39 is 8.96 Å². The first kappa shape index (κ1) is 15.0. The van der Waals surface area contributed by atoms with Crippen molar-refractivity contribution in [3.05, 3.63) is 12.2 Å². The summed E-state index contributed by atoms with van der Waals surface area (Å²) in [4.78, 5) is 11.1. The fourth-order valence-electron chi connectivity index (χ4n) is 0.534. The third-order valence-corrected chi connectivity index (χ3v) is 5.52. The average molecular weight is 272 g/mol. The van der Waals surface area contributed by atoms with E-state index in [4.69, 9.17) is 4.74 Å². The molecule has 0 aliphatic carbocycles. The van der Waals surface area contributed by atoms with Crippen molar-refractivity contribution in [3.8, 4) is 0 Å². The molecule has 0 fully saturated rings. The van der Waals surface area contributed by atoms with Crippen molar-refractivity contribution in [1.29, 1.82) is 0 Å². The normalized spacial score (nSPS) is 10.4. The number of carbonyl (C=O) groups is 1. The summed E-state index contributed by atoms with van der Waals surface area (Å²) in [5.74, 6) is -0.318. The summed E-state index contributed by atoms with van der Waals surface area (Å²) in [6.45, 7) is 7.21. The minimum Gasteiger partial charge on any atom is -0.465 e. The van der Waals surface area contributed by atoms with Crippen LogP contribution in [0.25, 0.3) is 0 Å². The molecule has 0 saturated heterocycles. The van der Waals surface area contributed by atoms with Gasteiger partial charge in [0.15, 0.2) is 8.96 Å². The molecular weight excluding hydrogens is 258 g/mol. The molecule has 0 aliphatic rings. The fourth-order valence-corrected chi connectivity index (χ4v) is 3.90. The second kappa shape index (κ2) is 9.20. The molecule has 0 aliphatic heterocycles. The van der Waals surface area contributed by atoms with E-state index in [2.05, 4.69) is 37.5 Å². The highest BCUT2D eigenvalue weighted by Crippen LogP contribution is 1.91. The molecule has 0 aromatic heterocycles. The van der Waals surface area contributed by atoms with Crippen molar-refractivity contribution in [2.75, 3.05) is 6.23 Å². The summed E-state index contributed by atoms with van der Waals surface area (Å²) < 4.78 is 14.2. The van der Waals surface area contributed by atoms with E-state index in [1.54, 1.807) is 6.92 Å². The predicted molar refractivity (Wildman–Crippen MR) is 64.1 cm³/mol. The Morgan fingerprint density at radius 3 is 2.80 bits per heavy atom. The lowest BCUT2D eigenvalue weighted by molar-refractivity contribution is -0.137. The van der Waals surface area contributed by atoms with Crippen LogP contribution in [0.3, 0.4) is 0 Å². The zero-order valence-corrected chi connectivity index (χ0v) is 12.7. The van der Waals surface area contributed by atoms with E-state index in [-0.39, 0.29) is 5.97 Å². The number of ether oxygens (including phenoxy) is 1. The van der Waals surface area contributed by atoms with Gasteiger partial charge in [0.05, 0.1) is 6.23 Å². The Morgan fingerprint density at radius 1 is 1.60 bits per heavy atom. The zero-order chi connectivity index (χ0) is 11.7. The molecule has 0 saturated carbocycles. The van der Waals surface area contributed by atoms with E-state index in [1.807, 2.05) is 0 Å². The molecule has 9 heteroatoms. The van der Waals surface area contributed by atoms with Crippen molar-refractivity contribution in [2.45, 2.75) is 13.5 Å². The number of nitrogens with one attached hydrogen (secondary N) is 3. The summed E-state index contributed by atoms with van der Waals surface area (Å²) in [7, 11) is 3.24. The summed E-state index contributed by atoms with van der Waals surface area (Å²) >= 11 is 0. The largest absolute Gasteiger partial charge is 0.465 e. The number of hydrogen-bond acceptors (Lipinski definition) is 5. The number of carbonyl (C=O) groups excluding carboxylic acids is 1. The van der Waals surface area contributed by atoms with Crippen molar-refractivity contribution in [1.82, 2.24) is 13.9 Å². The zero-order valence-electron chi connectivity index (χ0n) is 8.73. The molecule has 0 unspecified atom stereocenters. The third kappa shape index (κ3) is 8.92. The molecule has 80 valence electrons. The van der Waals surface area contributed by atoms with Crippen LogP contribution < -0.4 is 13.9 Å². The summed E-state index contributed by atoms with van der Waals surface area (Å²) in [6.07, 6.45) is 0.454. The van der Waals surface area contributed by atoms with Crippen LogP contribution in [0, 0.1) is 0 Å². The van der Waals surface area contributed by atoms with Gasteiger partial charge in [0.1, 0.15) is 10.4 Å². The molecule has 3 N–H and O–H groups in total.